The molecule has 0 heterocycles. The molecule has 0 aromatic heterocycles. The molecule has 4 aromatic carbocycles. The van der Waals surface area contributed by atoms with E-state index in [1.54, 1.807) is 0 Å². The predicted molar refractivity (Wildman–Crippen MR) is 102 cm³/mol. The summed E-state index contributed by atoms with van der Waals surface area (Å²) in [5, 5.41) is 4.12. The van der Waals surface area contributed by atoms with Gasteiger partial charge in [0.05, 0.1) is 6.61 Å². The van der Waals surface area contributed by atoms with Crippen LogP contribution in [0.15, 0.2) is 84.9 Å². The van der Waals surface area contributed by atoms with E-state index in [0.29, 0.717) is 6.61 Å². The van der Waals surface area contributed by atoms with Crippen LogP contribution >= 0.6 is 0 Å². The molecule has 0 unspecified atom stereocenters. The summed E-state index contributed by atoms with van der Waals surface area (Å²) in [4.78, 5) is 12.9. The number of Topliss-reactive ketones (excluding diaryl/α,β-unsaturated/α-hetero) is 1. The molecule has 4 aromatic rings. The van der Waals surface area contributed by atoms with Crippen molar-refractivity contribution in [2.75, 3.05) is 6.61 Å². The van der Waals surface area contributed by atoms with Gasteiger partial charge in [0.15, 0.2) is 5.78 Å². The van der Waals surface area contributed by atoms with Crippen LogP contribution in [0.1, 0.15) is 15.9 Å². The van der Waals surface area contributed by atoms with Crippen molar-refractivity contribution in [3.8, 4) is 0 Å². The number of ketones is 1. The second-order valence-corrected chi connectivity index (χ2v) is 6.10. The first-order chi connectivity index (χ1) is 12.3. The molecular weight excluding hydrogens is 308 g/mol. The fraction of sp³-hybridized carbons (Fsp3) is 0.0870. The molecule has 0 N–H and O–H groups in total. The molecule has 0 bridgehead atoms. The fourth-order valence-electron chi connectivity index (χ4n) is 3.22. The first kappa shape index (κ1) is 15.6. The Morgan fingerprint density at radius 3 is 1.92 bits per heavy atom. The van der Waals surface area contributed by atoms with Gasteiger partial charge in [-0.25, -0.2) is 0 Å². The average molecular weight is 326 g/mol. The summed E-state index contributed by atoms with van der Waals surface area (Å²) >= 11 is 0. The van der Waals surface area contributed by atoms with Crippen LogP contribution < -0.4 is 0 Å². The highest BCUT2D eigenvalue weighted by molar-refractivity contribution is 6.19. The third-order valence-electron chi connectivity index (χ3n) is 4.39. The van der Waals surface area contributed by atoms with Crippen LogP contribution in [0.5, 0.6) is 0 Å². The third kappa shape index (κ3) is 3.17. The van der Waals surface area contributed by atoms with Gasteiger partial charge in [-0.1, -0.05) is 78.9 Å². The van der Waals surface area contributed by atoms with Gasteiger partial charge in [0, 0.05) is 5.56 Å². The number of hydrogen-bond acceptors (Lipinski definition) is 2. The Morgan fingerprint density at radius 1 is 0.720 bits per heavy atom. The highest BCUT2D eigenvalue weighted by Crippen LogP contribution is 2.28. The molecule has 0 radical (unpaired) electrons. The summed E-state index contributed by atoms with van der Waals surface area (Å²) in [6.07, 6.45) is 0. The maximum Gasteiger partial charge on any atom is 0.189 e. The zero-order valence-corrected chi connectivity index (χ0v) is 13.8. The standard InChI is InChI=1S/C23H18O2/c24-22(16-25-15-17-8-2-1-3-9-17)23-20-12-6-4-10-18(20)14-19-11-5-7-13-21(19)23/h1-14H,15-16H2. The number of carbonyl (C=O) groups is 1. The fourth-order valence-corrected chi connectivity index (χ4v) is 3.22. The van der Waals surface area contributed by atoms with Gasteiger partial charge in [0.25, 0.3) is 0 Å². The van der Waals surface area contributed by atoms with E-state index in [1.807, 2.05) is 78.9 Å². The Kier molecular flexibility index (Phi) is 4.28. The molecule has 4 rings (SSSR count). The quantitative estimate of drug-likeness (QED) is 0.363. The van der Waals surface area contributed by atoms with Crippen LogP contribution in [0, 0.1) is 0 Å². The normalized spacial score (nSPS) is 11.0. The van der Waals surface area contributed by atoms with E-state index >= 15 is 0 Å². The SMILES string of the molecule is O=C(COCc1ccccc1)c1c2ccccc2cc2ccccc12. The number of ether oxygens (including phenoxy) is 1. The van der Waals surface area contributed by atoms with E-state index in [-0.39, 0.29) is 12.4 Å². The summed E-state index contributed by atoms with van der Waals surface area (Å²) in [5.41, 5.74) is 1.82. The Bertz CT molecular complexity index is 982. The number of fused-ring (bicyclic) bond motifs is 2. The lowest BCUT2D eigenvalue weighted by atomic mass is 9.94. The first-order valence-corrected chi connectivity index (χ1v) is 8.38. The molecule has 0 aliphatic rings. The monoisotopic (exact) mass is 326 g/mol. The number of benzene rings is 4. The van der Waals surface area contributed by atoms with Crippen LogP contribution in [0.4, 0.5) is 0 Å². The van der Waals surface area contributed by atoms with Gasteiger partial charge >= 0.3 is 0 Å². The molecule has 0 fully saturated rings. The van der Waals surface area contributed by atoms with Crippen LogP contribution in [0.3, 0.4) is 0 Å². The van der Waals surface area contributed by atoms with Crippen LogP contribution in [-0.2, 0) is 11.3 Å². The number of rotatable bonds is 5. The van der Waals surface area contributed by atoms with Gasteiger partial charge in [-0.15, -0.1) is 0 Å². The Hall–Kier alpha value is -2.97. The molecule has 0 aliphatic carbocycles. The minimum Gasteiger partial charge on any atom is -0.369 e. The van der Waals surface area contributed by atoms with Crippen molar-refractivity contribution in [3.05, 3.63) is 96.1 Å². The van der Waals surface area contributed by atoms with Crippen LogP contribution in [0.2, 0.25) is 0 Å². The van der Waals surface area contributed by atoms with Crippen molar-refractivity contribution >= 4 is 27.3 Å². The van der Waals surface area contributed by atoms with Gasteiger partial charge in [-0.05, 0) is 33.2 Å². The molecule has 0 spiro atoms. The van der Waals surface area contributed by atoms with E-state index < -0.39 is 0 Å². The van der Waals surface area contributed by atoms with E-state index in [2.05, 4.69) is 6.07 Å². The zero-order chi connectivity index (χ0) is 17.1. The highest BCUT2D eigenvalue weighted by Gasteiger charge is 2.14. The second-order valence-electron chi connectivity index (χ2n) is 6.10. The minimum absolute atomic E-state index is 0.0175. The summed E-state index contributed by atoms with van der Waals surface area (Å²) in [6, 6.07) is 28.1. The summed E-state index contributed by atoms with van der Waals surface area (Å²) in [7, 11) is 0. The van der Waals surface area contributed by atoms with Gasteiger partial charge in [-0.2, -0.15) is 0 Å². The number of hydrogen-bond donors (Lipinski definition) is 0. The molecule has 0 amide bonds. The lowest BCUT2D eigenvalue weighted by molar-refractivity contribution is 0.0730. The molecule has 25 heavy (non-hydrogen) atoms. The molecule has 0 saturated carbocycles. The zero-order valence-electron chi connectivity index (χ0n) is 13.8. The Morgan fingerprint density at radius 2 is 1.28 bits per heavy atom. The lowest BCUT2D eigenvalue weighted by Crippen LogP contribution is -2.10. The molecule has 0 saturated heterocycles. The molecule has 0 aliphatic heterocycles. The molecular formula is C23H18O2. The van der Waals surface area contributed by atoms with E-state index in [0.717, 1.165) is 32.7 Å². The van der Waals surface area contributed by atoms with Gasteiger partial charge < -0.3 is 4.74 Å². The van der Waals surface area contributed by atoms with Crippen molar-refractivity contribution < 1.29 is 9.53 Å². The van der Waals surface area contributed by atoms with Crippen molar-refractivity contribution in [1.82, 2.24) is 0 Å². The summed E-state index contributed by atoms with van der Waals surface area (Å²) in [6.45, 7) is 0.516. The van der Waals surface area contributed by atoms with Gasteiger partial charge in [-0.3, -0.25) is 4.79 Å². The topological polar surface area (TPSA) is 26.3 Å². The van der Waals surface area contributed by atoms with E-state index in [4.69, 9.17) is 4.74 Å². The Labute approximate surface area is 146 Å². The van der Waals surface area contributed by atoms with Gasteiger partial charge in [0.2, 0.25) is 0 Å². The highest BCUT2D eigenvalue weighted by atomic mass is 16.5. The van der Waals surface area contributed by atoms with Crippen LogP contribution in [-0.4, -0.2) is 12.4 Å². The van der Waals surface area contributed by atoms with Crippen molar-refractivity contribution in [1.29, 1.82) is 0 Å². The molecule has 122 valence electrons. The van der Waals surface area contributed by atoms with Crippen molar-refractivity contribution in [3.63, 3.8) is 0 Å². The molecule has 0 atom stereocenters. The maximum atomic E-state index is 12.9. The van der Waals surface area contributed by atoms with Crippen molar-refractivity contribution in [2.24, 2.45) is 0 Å². The summed E-state index contributed by atoms with van der Waals surface area (Å²) in [5.74, 6) is 0.0175. The predicted octanol–water partition coefficient (Wildman–Crippen LogP) is 5.39. The summed E-state index contributed by atoms with van der Waals surface area (Å²) < 4.78 is 5.68. The minimum atomic E-state index is 0.0175. The molecule has 2 heteroatoms. The third-order valence-corrected chi connectivity index (χ3v) is 4.39. The lowest BCUT2D eigenvalue weighted by Gasteiger charge is -2.11. The largest absolute Gasteiger partial charge is 0.369 e. The molecule has 2 nitrogen and oxygen atoms in total. The van der Waals surface area contributed by atoms with E-state index in [1.165, 1.54) is 0 Å². The van der Waals surface area contributed by atoms with Crippen LogP contribution in [0.25, 0.3) is 21.5 Å². The van der Waals surface area contributed by atoms with E-state index in [9.17, 15) is 4.79 Å². The average Bonchev–Trinajstić information content (AvgIpc) is 2.66. The smallest absolute Gasteiger partial charge is 0.189 e. The second kappa shape index (κ2) is 6.88. The first-order valence-electron chi connectivity index (χ1n) is 8.38. The van der Waals surface area contributed by atoms with Crippen molar-refractivity contribution in [2.45, 2.75) is 6.61 Å². The van der Waals surface area contributed by atoms with Gasteiger partial charge in [0.1, 0.15) is 6.61 Å². The Balaban J connectivity index is 1.67. The number of carbonyl (C=O) groups excluding carboxylic acids is 1. The maximum absolute atomic E-state index is 12.9.